The van der Waals surface area contributed by atoms with E-state index >= 15 is 0 Å². The monoisotopic (exact) mass is 293 g/mol. The zero-order chi connectivity index (χ0) is 15.3. The van der Waals surface area contributed by atoms with Gasteiger partial charge in [0.1, 0.15) is 17.0 Å². The van der Waals surface area contributed by atoms with Crippen molar-refractivity contribution in [3.63, 3.8) is 0 Å². The van der Waals surface area contributed by atoms with E-state index in [9.17, 15) is 9.59 Å². The van der Waals surface area contributed by atoms with Crippen LogP contribution in [0.4, 0.5) is 0 Å². The molecule has 0 radical (unpaired) electrons. The smallest absolute Gasteiger partial charge is 0.329 e. The van der Waals surface area contributed by atoms with Crippen LogP contribution in [0, 0.1) is 0 Å². The van der Waals surface area contributed by atoms with E-state index in [2.05, 4.69) is 5.32 Å². The summed E-state index contributed by atoms with van der Waals surface area (Å²) >= 11 is 0. The van der Waals surface area contributed by atoms with Crippen LogP contribution in [0.25, 0.3) is 0 Å². The van der Waals surface area contributed by atoms with Gasteiger partial charge in [-0.15, -0.1) is 0 Å². The van der Waals surface area contributed by atoms with Gasteiger partial charge in [-0.05, 0) is 50.5 Å². The fourth-order valence-electron chi connectivity index (χ4n) is 2.17. The van der Waals surface area contributed by atoms with Gasteiger partial charge in [-0.25, -0.2) is 4.79 Å². The Morgan fingerprint density at radius 2 is 1.76 bits per heavy atom. The van der Waals surface area contributed by atoms with E-state index in [-0.39, 0.29) is 6.61 Å². The van der Waals surface area contributed by atoms with Crippen molar-refractivity contribution in [2.45, 2.75) is 31.7 Å². The summed E-state index contributed by atoms with van der Waals surface area (Å²) in [6, 6.07) is 6.91. The molecule has 6 nitrogen and oxygen atoms in total. The van der Waals surface area contributed by atoms with Crippen LogP contribution in [0.3, 0.4) is 0 Å². The van der Waals surface area contributed by atoms with Crippen molar-refractivity contribution in [1.29, 1.82) is 0 Å². The molecule has 0 atom stereocenters. The summed E-state index contributed by atoms with van der Waals surface area (Å²) in [5.41, 5.74) is -1.10. The number of nitrogens with one attached hydrogen (secondary N) is 1. The molecule has 0 aromatic heterocycles. The molecule has 1 aliphatic carbocycles. The first kappa shape index (κ1) is 15.2. The molecule has 0 heterocycles. The van der Waals surface area contributed by atoms with E-state index in [1.165, 1.54) is 0 Å². The molecule has 0 spiro atoms. The zero-order valence-electron chi connectivity index (χ0n) is 11.9. The number of hydrogen-bond donors (Lipinski definition) is 2. The molecule has 2 rings (SSSR count). The lowest BCUT2D eigenvalue weighted by Gasteiger charge is -2.38. The van der Waals surface area contributed by atoms with Crippen molar-refractivity contribution in [2.75, 3.05) is 13.2 Å². The number of amides is 1. The molecule has 0 unspecified atom stereocenters. The molecule has 1 amide bonds. The number of carboxylic acid groups (broad SMARTS) is 1. The highest BCUT2D eigenvalue weighted by atomic mass is 16.5. The maximum absolute atomic E-state index is 11.8. The Morgan fingerprint density at radius 3 is 2.19 bits per heavy atom. The second-order valence-electron chi connectivity index (χ2n) is 4.98. The van der Waals surface area contributed by atoms with Crippen LogP contribution >= 0.6 is 0 Å². The quantitative estimate of drug-likeness (QED) is 0.797. The largest absolute Gasteiger partial charge is 0.494 e. The molecule has 6 heteroatoms. The van der Waals surface area contributed by atoms with Crippen LogP contribution in [0.2, 0.25) is 0 Å². The number of carbonyl (C=O) groups is 2. The molecule has 1 saturated carbocycles. The molecule has 0 bridgehead atoms. The predicted molar refractivity (Wildman–Crippen MR) is 75.5 cm³/mol. The van der Waals surface area contributed by atoms with Gasteiger partial charge < -0.3 is 19.9 Å². The van der Waals surface area contributed by atoms with Gasteiger partial charge in [0.05, 0.1) is 6.61 Å². The molecule has 21 heavy (non-hydrogen) atoms. The van der Waals surface area contributed by atoms with Crippen LogP contribution in [-0.4, -0.2) is 35.7 Å². The topological polar surface area (TPSA) is 84.9 Å². The minimum Gasteiger partial charge on any atom is -0.494 e. The first-order valence-electron chi connectivity index (χ1n) is 6.96. The van der Waals surface area contributed by atoms with E-state index in [0.29, 0.717) is 25.2 Å². The summed E-state index contributed by atoms with van der Waals surface area (Å²) in [5.74, 6) is -0.144. The highest BCUT2D eigenvalue weighted by Gasteiger charge is 2.45. The minimum atomic E-state index is -1.10. The van der Waals surface area contributed by atoms with E-state index in [1.54, 1.807) is 24.3 Å². The van der Waals surface area contributed by atoms with Crippen molar-refractivity contribution in [2.24, 2.45) is 0 Å². The van der Waals surface area contributed by atoms with Crippen molar-refractivity contribution in [3.05, 3.63) is 24.3 Å². The molecule has 0 saturated heterocycles. The number of aliphatic carboxylic acids is 1. The third kappa shape index (κ3) is 3.65. The summed E-state index contributed by atoms with van der Waals surface area (Å²) in [6.07, 6.45) is 1.75. The second-order valence-corrected chi connectivity index (χ2v) is 4.98. The Hall–Kier alpha value is -2.24. The minimum absolute atomic E-state index is 0.205. The molecule has 114 valence electrons. The summed E-state index contributed by atoms with van der Waals surface area (Å²) in [4.78, 5) is 22.9. The Balaban J connectivity index is 1.82. The first-order valence-corrected chi connectivity index (χ1v) is 6.96. The Bertz CT molecular complexity index is 507. The number of rotatable bonds is 7. The van der Waals surface area contributed by atoms with Crippen molar-refractivity contribution < 1.29 is 24.2 Å². The van der Waals surface area contributed by atoms with Crippen molar-refractivity contribution >= 4 is 11.9 Å². The summed E-state index contributed by atoms with van der Waals surface area (Å²) in [7, 11) is 0. The number of hydrogen-bond acceptors (Lipinski definition) is 4. The number of carbonyl (C=O) groups excluding carboxylic acids is 1. The molecule has 2 N–H and O–H groups in total. The Kier molecular flexibility index (Phi) is 4.67. The number of carboxylic acids is 1. The number of benzene rings is 1. The van der Waals surface area contributed by atoms with Crippen LogP contribution in [0.15, 0.2) is 24.3 Å². The van der Waals surface area contributed by atoms with Crippen LogP contribution in [0.1, 0.15) is 26.2 Å². The third-order valence-corrected chi connectivity index (χ3v) is 3.50. The fraction of sp³-hybridized carbons (Fsp3) is 0.467. The normalized spacial score (nSPS) is 15.7. The average Bonchev–Trinajstić information content (AvgIpc) is 2.42. The molecule has 1 aliphatic rings. The van der Waals surface area contributed by atoms with Crippen LogP contribution in [-0.2, 0) is 9.59 Å². The van der Waals surface area contributed by atoms with Crippen molar-refractivity contribution in [3.8, 4) is 11.5 Å². The van der Waals surface area contributed by atoms with Gasteiger partial charge in [0.2, 0.25) is 0 Å². The summed E-state index contributed by atoms with van der Waals surface area (Å²) < 4.78 is 10.6. The lowest BCUT2D eigenvalue weighted by Crippen LogP contribution is -2.59. The number of ether oxygens (including phenoxy) is 2. The SMILES string of the molecule is CCOc1ccc(OCC(=O)NC2(C(=O)O)CCC2)cc1. The highest BCUT2D eigenvalue weighted by molar-refractivity contribution is 5.88. The molecular formula is C15H19NO5. The summed E-state index contributed by atoms with van der Waals surface area (Å²) in [6.45, 7) is 2.27. The third-order valence-electron chi connectivity index (χ3n) is 3.50. The Morgan fingerprint density at radius 1 is 1.19 bits per heavy atom. The molecule has 0 aliphatic heterocycles. The first-order chi connectivity index (χ1) is 10.1. The van der Waals surface area contributed by atoms with Gasteiger partial charge in [0, 0.05) is 0 Å². The molecule has 1 fully saturated rings. The van der Waals surface area contributed by atoms with Gasteiger partial charge in [-0.1, -0.05) is 0 Å². The average molecular weight is 293 g/mol. The maximum Gasteiger partial charge on any atom is 0.329 e. The van der Waals surface area contributed by atoms with Gasteiger partial charge in [0.25, 0.3) is 5.91 Å². The van der Waals surface area contributed by atoms with Crippen molar-refractivity contribution in [1.82, 2.24) is 5.32 Å². The fourth-order valence-corrected chi connectivity index (χ4v) is 2.17. The van der Waals surface area contributed by atoms with Gasteiger partial charge in [-0.2, -0.15) is 0 Å². The lowest BCUT2D eigenvalue weighted by molar-refractivity contribution is -0.152. The van der Waals surface area contributed by atoms with E-state index in [4.69, 9.17) is 14.6 Å². The van der Waals surface area contributed by atoms with Crippen LogP contribution < -0.4 is 14.8 Å². The van der Waals surface area contributed by atoms with Gasteiger partial charge in [0.15, 0.2) is 6.61 Å². The maximum atomic E-state index is 11.8. The van der Waals surface area contributed by atoms with Gasteiger partial charge in [-0.3, -0.25) is 4.79 Å². The molecular weight excluding hydrogens is 274 g/mol. The predicted octanol–water partition coefficient (Wildman–Crippen LogP) is 1.59. The molecule has 1 aromatic rings. The lowest BCUT2D eigenvalue weighted by atomic mass is 9.77. The molecule has 1 aromatic carbocycles. The van der Waals surface area contributed by atoms with E-state index in [1.807, 2.05) is 6.92 Å². The standard InChI is InChI=1S/C15H19NO5/c1-2-20-11-4-6-12(7-5-11)21-10-13(17)16-15(14(18)19)8-3-9-15/h4-7H,2-3,8-10H2,1H3,(H,16,17)(H,18,19). The van der Waals surface area contributed by atoms with E-state index in [0.717, 1.165) is 12.2 Å². The van der Waals surface area contributed by atoms with Crippen LogP contribution in [0.5, 0.6) is 11.5 Å². The zero-order valence-corrected chi connectivity index (χ0v) is 11.9. The van der Waals surface area contributed by atoms with E-state index < -0.39 is 17.4 Å². The summed E-state index contributed by atoms with van der Waals surface area (Å²) in [5, 5.41) is 11.7. The Labute approximate surface area is 123 Å². The second kappa shape index (κ2) is 6.47. The van der Waals surface area contributed by atoms with Gasteiger partial charge >= 0.3 is 5.97 Å². The highest BCUT2D eigenvalue weighted by Crippen LogP contribution is 2.31.